The first-order valence-electron chi connectivity index (χ1n) is 4.28. The van der Waals surface area contributed by atoms with Crippen LogP contribution in [0.5, 0.6) is 0 Å². The van der Waals surface area contributed by atoms with Gasteiger partial charge in [-0.15, -0.1) is 0 Å². The van der Waals surface area contributed by atoms with E-state index in [1.165, 1.54) is 0 Å². The van der Waals surface area contributed by atoms with E-state index >= 15 is 0 Å². The summed E-state index contributed by atoms with van der Waals surface area (Å²) in [4.78, 5) is 15.2. The van der Waals surface area contributed by atoms with Crippen LogP contribution >= 0.6 is 15.9 Å². The molecule has 0 N–H and O–H groups in total. The SMILES string of the molecule is CC(=O)Cc1cn2ccc(Br)cc2n1. The van der Waals surface area contributed by atoms with Crippen molar-refractivity contribution in [3.05, 3.63) is 34.7 Å². The van der Waals surface area contributed by atoms with Gasteiger partial charge in [0.25, 0.3) is 0 Å². The Balaban J connectivity index is 2.46. The second-order valence-corrected chi connectivity index (χ2v) is 4.14. The van der Waals surface area contributed by atoms with Gasteiger partial charge >= 0.3 is 0 Å². The van der Waals surface area contributed by atoms with Crippen LogP contribution in [0.4, 0.5) is 0 Å². The van der Waals surface area contributed by atoms with E-state index < -0.39 is 0 Å². The van der Waals surface area contributed by atoms with E-state index in [1.807, 2.05) is 28.9 Å². The molecule has 14 heavy (non-hydrogen) atoms. The van der Waals surface area contributed by atoms with E-state index in [1.54, 1.807) is 6.92 Å². The number of ketones is 1. The molecule has 0 saturated heterocycles. The molecule has 0 atom stereocenters. The van der Waals surface area contributed by atoms with Gasteiger partial charge < -0.3 is 4.40 Å². The molecule has 0 bridgehead atoms. The third-order valence-electron chi connectivity index (χ3n) is 1.90. The monoisotopic (exact) mass is 252 g/mol. The van der Waals surface area contributed by atoms with Crippen molar-refractivity contribution in [2.24, 2.45) is 0 Å². The van der Waals surface area contributed by atoms with Crippen molar-refractivity contribution >= 4 is 27.4 Å². The summed E-state index contributed by atoms with van der Waals surface area (Å²) in [5.74, 6) is 0.132. The molecule has 0 aliphatic heterocycles. The maximum absolute atomic E-state index is 10.9. The molecule has 0 radical (unpaired) electrons. The summed E-state index contributed by atoms with van der Waals surface area (Å²) < 4.78 is 2.90. The molecule has 2 aromatic rings. The highest BCUT2D eigenvalue weighted by Gasteiger charge is 2.03. The van der Waals surface area contributed by atoms with E-state index in [4.69, 9.17) is 0 Å². The van der Waals surface area contributed by atoms with Crippen LogP contribution in [0.2, 0.25) is 0 Å². The number of halogens is 1. The summed E-state index contributed by atoms with van der Waals surface area (Å²) in [5, 5.41) is 0. The van der Waals surface area contributed by atoms with Gasteiger partial charge in [-0.3, -0.25) is 4.79 Å². The van der Waals surface area contributed by atoms with Crippen LogP contribution in [-0.2, 0) is 11.2 Å². The predicted molar refractivity (Wildman–Crippen MR) is 57.3 cm³/mol. The Kier molecular flexibility index (Phi) is 2.37. The molecule has 0 fully saturated rings. The van der Waals surface area contributed by atoms with Crippen molar-refractivity contribution in [1.29, 1.82) is 0 Å². The molecule has 0 unspecified atom stereocenters. The van der Waals surface area contributed by atoms with Crippen molar-refractivity contribution < 1.29 is 4.79 Å². The molecule has 2 rings (SSSR count). The van der Waals surface area contributed by atoms with Crippen LogP contribution in [-0.4, -0.2) is 15.2 Å². The zero-order valence-corrected chi connectivity index (χ0v) is 9.28. The average Bonchev–Trinajstić information content (AvgIpc) is 2.44. The maximum Gasteiger partial charge on any atom is 0.138 e. The second kappa shape index (κ2) is 3.53. The quantitative estimate of drug-likeness (QED) is 0.822. The first-order chi connectivity index (χ1) is 6.65. The zero-order chi connectivity index (χ0) is 10.1. The minimum Gasteiger partial charge on any atom is -0.307 e. The lowest BCUT2D eigenvalue weighted by atomic mass is 10.2. The van der Waals surface area contributed by atoms with Gasteiger partial charge in [0, 0.05) is 23.3 Å². The Morgan fingerprint density at radius 1 is 1.64 bits per heavy atom. The van der Waals surface area contributed by atoms with Gasteiger partial charge in [-0.1, -0.05) is 15.9 Å². The number of carbonyl (C=O) groups is 1. The Hall–Kier alpha value is -1.16. The van der Waals surface area contributed by atoms with Gasteiger partial charge in [-0.05, 0) is 19.1 Å². The largest absolute Gasteiger partial charge is 0.307 e. The van der Waals surface area contributed by atoms with Crippen LogP contribution in [0.1, 0.15) is 12.6 Å². The first-order valence-corrected chi connectivity index (χ1v) is 5.07. The fourth-order valence-corrected chi connectivity index (χ4v) is 1.67. The fraction of sp³-hybridized carbons (Fsp3) is 0.200. The van der Waals surface area contributed by atoms with Gasteiger partial charge in [0.2, 0.25) is 0 Å². The molecule has 0 spiro atoms. The summed E-state index contributed by atoms with van der Waals surface area (Å²) in [6, 6.07) is 3.86. The van der Waals surface area contributed by atoms with Gasteiger partial charge in [-0.2, -0.15) is 0 Å². The minimum absolute atomic E-state index is 0.132. The van der Waals surface area contributed by atoms with Crippen molar-refractivity contribution in [1.82, 2.24) is 9.38 Å². The molecular formula is C10H9BrN2O. The number of imidazole rings is 1. The number of hydrogen-bond acceptors (Lipinski definition) is 2. The van der Waals surface area contributed by atoms with E-state index in [0.29, 0.717) is 6.42 Å². The lowest BCUT2D eigenvalue weighted by Crippen LogP contribution is -1.95. The number of fused-ring (bicyclic) bond motifs is 1. The van der Waals surface area contributed by atoms with E-state index in [2.05, 4.69) is 20.9 Å². The van der Waals surface area contributed by atoms with E-state index in [0.717, 1.165) is 15.8 Å². The van der Waals surface area contributed by atoms with E-state index in [-0.39, 0.29) is 5.78 Å². The van der Waals surface area contributed by atoms with Crippen LogP contribution < -0.4 is 0 Å². The number of Topliss-reactive ketones (excluding diaryl/α,β-unsaturated/α-hetero) is 1. The highest BCUT2D eigenvalue weighted by atomic mass is 79.9. The molecule has 0 amide bonds. The van der Waals surface area contributed by atoms with E-state index in [9.17, 15) is 4.79 Å². The molecule has 0 aliphatic rings. The van der Waals surface area contributed by atoms with Crippen LogP contribution in [0.3, 0.4) is 0 Å². The van der Waals surface area contributed by atoms with Gasteiger partial charge in [-0.25, -0.2) is 4.98 Å². The topological polar surface area (TPSA) is 34.4 Å². The van der Waals surface area contributed by atoms with Gasteiger partial charge in [0.1, 0.15) is 11.4 Å². The number of hydrogen-bond donors (Lipinski definition) is 0. The predicted octanol–water partition coefficient (Wildman–Crippen LogP) is 2.23. The molecule has 2 aromatic heterocycles. The van der Waals surface area contributed by atoms with Crippen LogP contribution in [0.25, 0.3) is 5.65 Å². The van der Waals surface area contributed by atoms with Crippen LogP contribution in [0, 0.1) is 0 Å². The number of rotatable bonds is 2. The smallest absolute Gasteiger partial charge is 0.138 e. The summed E-state index contributed by atoms with van der Waals surface area (Å²) >= 11 is 3.37. The Morgan fingerprint density at radius 3 is 3.14 bits per heavy atom. The number of carbonyl (C=O) groups excluding carboxylic acids is 1. The summed E-state index contributed by atoms with van der Waals surface area (Å²) in [6.45, 7) is 1.57. The molecular weight excluding hydrogens is 244 g/mol. The molecule has 72 valence electrons. The molecule has 3 nitrogen and oxygen atoms in total. The average molecular weight is 253 g/mol. The standard InChI is InChI=1S/C10H9BrN2O/c1-7(14)4-9-6-13-3-2-8(11)5-10(13)12-9/h2-3,5-6H,4H2,1H3. The Bertz CT molecular complexity index is 490. The normalized spacial score (nSPS) is 10.7. The highest BCUT2D eigenvalue weighted by Crippen LogP contribution is 2.13. The van der Waals surface area contributed by atoms with Crippen molar-refractivity contribution in [3.63, 3.8) is 0 Å². The number of pyridine rings is 1. The Morgan fingerprint density at radius 2 is 2.43 bits per heavy atom. The Labute approximate surface area is 89.9 Å². The second-order valence-electron chi connectivity index (χ2n) is 3.22. The fourth-order valence-electron chi connectivity index (χ4n) is 1.35. The van der Waals surface area contributed by atoms with Crippen molar-refractivity contribution in [3.8, 4) is 0 Å². The summed E-state index contributed by atoms with van der Waals surface area (Å²) in [7, 11) is 0. The van der Waals surface area contributed by atoms with Crippen molar-refractivity contribution in [2.75, 3.05) is 0 Å². The minimum atomic E-state index is 0.132. The lowest BCUT2D eigenvalue weighted by Gasteiger charge is -1.91. The molecule has 0 aliphatic carbocycles. The van der Waals surface area contributed by atoms with Gasteiger partial charge in [0.15, 0.2) is 0 Å². The summed E-state index contributed by atoms with van der Waals surface area (Å²) in [5.41, 5.74) is 1.67. The zero-order valence-electron chi connectivity index (χ0n) is 7.70. The summed E-state index contributed by atoms with van der Waals surface area (Å²) in [6.07, 6.45) is 4.19. The molecule has 4 heteroatoms. The van der Waals surface area contributed by atoms with Crippen molar-refractivity contribution in [2.45, 2.75) is 13.3 Å². The first kappa shape index (κ1) is 9.40. The molecule has 0 saturated carbocycles. The third kappa shape index (κ3) is 1.85. The molecule has 0 aromatic carbocycles. The van der Waals surface area contributed by atoms with Crippen LogP contribution in [0.15, 0.2) is 29.0 Å². The van der Waals surface area contributed by atoms with Gasteiger partial charge in [0.05, 0.1) is 5.69 Å². The number of aromatic nitrogens is 2. The highest BCUT2D eigenvalue weighted by molar-refractivity contribution is 9.10. The maximum atomic E-state index is 10.9. The third-order valence-corrected chi connectivity index (χ3v) is 2.40. The lowest BCUT2D eigenvalue weighted by molar-refractivity contribution is -0.116. The molecule has 2 heterocycles. The number of nitrogens with zero attached hydrogens (tertiary/aromatic N) is 2.